The number of rotatable bonds is 0. The topological polar surface area (TPSA) is 28.7 Å². The number of fused-ring (bicyclic) bond motifs is 1. The van der Waals surface area contributed by atoms with E-state index in [1.807, 2.05) is 22.6 Å². The zero-order valence-corrected chi connectivity index (χ0v) is 8.65. The van der Waals surface area contributed by atoms with E-state index in [-0.39, 0.29) is 5.82 Å². The number of hydrogen-bond acceptors (Lipinski definition) is 1. The number of aromatic nitrogens is 2. The number of hydrogen-bond donors (Lipinski definition) is 1. The highest BCUT2D eigenvalue weighted by Gasteiger charge is 2.07. The molecule has 0 fully saturated rings. The Bertz CT molecular complexity index is 440. The first-order valence-corrected chi connectivity index (χ1v) is 4.63. The van der Waals surface area contributed by atoms with Crippen LogP contribution in [0.3, 0.4) is 0 Å². The van der Waals surface area contributed by atoms with Gasteiger partial charge in [-0.25, -0.2) is 4.39 Å². The molecule has 0 spiro atoms. The molecule has 0 aliphatic carbocycles. The van der Waals surface area contributed by atoms with E-state index in [2.05, 4.69) is 10.2 Å². The zero-order valence-electron chi connectivity index (χ0n) is 5.74. The summed E-state index contributed by atoms with van der Waals surface area (Å²) in [5.41, 5.74) is 0.406. The molecule has 5 heteroatoms. The van der Waals surface area contributed by atoms with E-state index in [1.165, 1.54) is 6.07 Å². The standard InChI is InChI=1S/C7H3ClFIN2/c8-3-1-4-6(5(9)2-3)11-12-7(4)10/h1-2H,(H,11,12). The van der Waals surface area contributed by atoms with Crippen LogP contribution in [-0.4, -0.2) is 10.2 Å². The van der Waals surface area contributed by atoms with Gasteiger partial charge in [-0.3, -0.25) is 5.10 Å². The molecule has 1 aromatic carbocycles. The molecule has 0 saturated carbocycles. The van der Waals surface area contributed by atoms with Crippen molar-refractivity contribution in [1.29, 1.82) is 0 Å². The second-order valence-electron chi connectivity index (χ2n) is 2.32. The maximum atomic E-state index is 13.1. The second kappa shape index (κ2) is 2.85. The molecule has 2 rings (SSSR count). The Morgan fingerprint density at radius 2 is 2.25 bits per heavy atom. The van der Waals surface area contributed by atoms with E-state index in [0.29, 0.717) is 10.5 Å². The summed E-state index contributed by atoms with van der Waals surface area (Å²) in [5.74, 6) is -0.368. The molecule has 0 aliphatic heterocycles. The minimum Gasteiger partial charge on any atom is -0.274 e. The molecule has 0 aliphatic rings. The molecule has 1 aromatic heterocycles. The van der Waals surface area contributed by atoms with Crippen LogP contribution in [0, 0.1) is 9.52 Å². The van der Waals surface area contributed by atoms with Crippen molar-refractivity contribution in [1.82, 2.24) is 10.2 Å². The number of nitrogens with one attached hydrogen (secondary N) is 1. The highest BCUT2D eigenvalue weighted by atomic mass is 127. The van der Waals surface area contributed by atoms with Gasteiger partial charge in [-0.15, -0.1) is 0 Å². The summed E-state index contributed by atoms with van der Waals surface area (Å²) in [6.07, 6.45) is 0. The van der Waals surface area contributed by atoms with Crippen molar-refractivity contribution in [3.05, 3.63) is 26.7 Å². The van der Waals surface area contributed by atoms with Crippen LogP contribution in [0.2, 0.25) is 5.02 Å². The van der Waals surface area contributed by atoms with E-state index in [0.717, 1.165) is 9.09 Å². The minimum atomic E-state index is -0.368. The van der Waals surface area contributed by atoms with Gasteiger partial charge in [0.05, 0.1) is 0 Å². The molecule has 0 bridgehead atoms. The Morgan fingerprint density at radius 1 is 1.50 bits per heavy atom. The lowest BCUT2D eigenvalue weighted by molar-refractivity contribution is 0.636. The first-order valence-electron chi connectivity index (χ1n) is 3.17. The fourth-order valence-electron chi connectivity index (χ4n) is 1.02. The summed E-state index contributed by atoms with van der Waals surface area (Å²) < 4.78 is 13.8. The van der Waals surface area contributed by atoms with Crippen molar-refractivity contribution >= 4 is 45.1 Å². The van der Waals surface area contributed by atoms with Crippen LogP contribution < -0.4 is 0 Å². The van der Waals surface area contributed by atoms with E-state index in [4.69, 9.17) is 11.6 Å². The maximum Gasteiger partial charge on any atom is 0.150 e. The Morgan fingerprint density at radius 3 is 3.00 bits per heavy atom. The Balaban J connectivity index is 2.92. The van der Waals surface area contributed by atoms with Gasteiger partial charge >= 0.3 is 0 Å². The molecule has 2 aromatic rings. The van der Waals surface area contributed by atoms with Crippen molar-refractivity contribution in [2.75, 3.05) is 0 Å². The van der Waals surface area contributed by atoms with E-state index in [1.54, 1.807) is 6.07 Å². The van der Waals surface area contributed by atoms with Crippen LogP contribution in [0.4, 0.5) is 4.39 Å². The van der Waals surface area contributed by atoms with Gasteiger partial charge in [-0.2, -0.15) is 5.10 Å². The second-order valence-corrected chi connectivity index (χ2v) is 3.78. The average Bonchev–Trinajstić information content (AvgIpc) is 2.33. The molecule has 0 unspecified atom stereocenters. The van der Waals surface area contributed by atoms with Crippen LogP contribution in [0.5, 0.6) is 0 Å². The first-order chi connectivity index (χ1) is 5.68. The summed E-state index contributed by atoms with van der Waals surface area (Å²) in [6.45, 7) is 0. The van der Waals surface area contributed by atoms with Gasteiger partial charge in [0.25, 0.3) is 0 Å². The van der Waals surface area contributed by atoms with Gasteiger partial charge in [0, 0.05) is 10.4 Å². The lowest BCUT2D eigenvalue weighted by Gasteiger charge is -1.92. The van der Waals surface area contributed by atoms with Gasteiger partial charge in [-0.1, -0.05) is 11.6 Å². The average molecular weight is 296 g/mol. The molecule has 62 valence electrons. The van der Waals surface area contributed by atoms with E-state index >= 15 is 0 Å². The van der Waals surface area contributed by atoms with Gasteiger partial charge in [0.15, 0.2) is 0 Å². The zero-order chi connectivity index (χ0) is 8.72. The quantitative estimate of drug-likeness (QED) is 0.744. The van der Waals surface area contributed by atoms with Gasteiger partial charge in [0.2, 0.25) is 0 Å². The molecular formula is C7H3ClFIN2. The van der Waals surface area contributed by atoms with Crippen molar-refractivity contribution in [3.63, 3.8) is 0 Å². The number of aromatic amines is 1. The number of H-pyrrole nitrogens is 1. The van der Waals surface area contributed by atoms with Crippen molar-refractivity contribution < 1.29 is 4.39 Å². The molecule has 12 heavy (non-hydrogen) atoms. The summed E-state index contributed by atoms with van der Waals surface area (Å²) in [5, 5.41) is 7.56. The fourth-order valence-corrected chi connectivity index (χ4v) is 1.77. The van der Waals surface area contributed by atoms with Crippen molar-refractivity contribution in [3.8, 4) is 0 Å². The maximum absolute atomic E-state index is 13.1. The third kappa shape index (κ3) is 1.19. The van der Waals surface area contributed by atoms with Crippen molar-refractivity contribution in [2.45, 2.75) is 0 Å². The molecule has 0 radical (unpaired) electrons. The fraction of sp³-hybridized carbons (Fsp3) is 0. The van der Waals surface area contributed by atoms with Crippen LogP contribution in [-0.2, 0) is 0 Å². The number of benzene rings is 1. The summed E-state index contributed by atoms with van der Waals surface area (Å²) in [4.78, 5) is 0. The van der Waals surface area contributed by atoms with E-state index in [9.17, 15) is 4.39 Å². The summed E-state index contributed by atoms with van der Waals surface area (Å²) in [6, 6.07) is 2.95. The van der Waals surface area contributed by atoms with Gasteiger partial charge in [0.1, 0.15) is 15.0 Å². The molecule has 0 saturated heterocycles. The third-order valence-electron chi connectivity index (χ3n) is 1.54. The molecule has 0 amide bonds. The van der Waals surface area contributed by atoms with Crippen LogP contribution in [0.25, 0.3) is 10.9 Å². The summed E-state index contributed by atoms with van der Waals surface area (Å²) >= 11 is 7.69. The Hall–Kier alpha value is -0.360. The van der Waals surface area contributed by atoms with Crippen LogP contribution in [0.1, 0.15) is 0 Å². The minimum absolute atomic E-state index is 0.368. The molecule has 0 atom stereocenters. The summed E-state index contributed by atoms with van der Waals surface area (Å²) in [7, 11) is 0. The predicted octanol–water partition coefficient (Wildman–Crippen LogP) is 2.96. The van der Waals surface area contributed by atoms with Crippen LogP contribution in [0.15, 0.2) is 12.1 Å². The lowest BCUT2D eigenvalue weighted by atomic mass is 10.2. The first kappa shape index (κ1) is 8.25. The Labute approximate surface area is 86.2 Å². The number of halogens is 3. The van der Waals surface area contributed by atoms with Crippen molar-refractivity contribution in [2.24, 2.45) is 0 Å². The van der Waals surface area contributed by atoms with E-state index < -0.39 is 0 Å². The Kier molecular flexibility index (Phi) is 1.96. The number of nitrogens with zero attached hydrogens (tertiary/aromatic N) is 1. The normalized spacial score (nSPS) is 10.9. The SMILES string of the molecule is Fc1cc(Cl)cc2c(I)n[nH]c12. The highest BCUT2D eigenvalue weighted by Crippen LogP contribution is 2.24. The third-order valence-corrected chi connectivity index (χ3v) is 2.58. The molecule has 1 N–H and O–H groups in total. The predicted molar refractivity (Wildman–Crippen MR) is 53.8 cm³/mol. The van der Waals surface area contributed by atoms with Gasteiger partial charge in [-0.05, 0) is 34.7 Å². The van der Waals surface area contributed by atoms with Crippen LogP contribution >= 0.6 is 34.2 Å². The van der Waals surface area contributed by atoms with Gasteiger partial charge < -0.3 is 0 Å². The molecular weight excluding hydrogens is 293 g/mol. The smallest absolute Gasteiger partial charge is 0.150 e. The lowest BCUT2D eigenvalue weighted by Crippen LogP contribution is -1.77. The monoisotopic (exact) mass is 296 g/mol. The largest absolute Gasteiger partial charge is 0.274 e. The molecule has 1 heterocycles. The molecule has 2 nitrogen and oxygen atoms in total. The highest BCUT2D eigenvalue weighted by molar-refractivity contribution is 14.1.